The summed E-state index contributed by atoms with van der Waals surface area (Å²) in [6, 6.07) is 11.1. The van der Waals surface area contributed by atoms with Gasteiger partial charge in [-0.15, -0.1) is 0 Å². The number of aromatic nitrogens is 2. The third kappa shape index (κ3) is 6.18. The van der Waals surface area contributed by atoms with Gasteiger partial charge in [0.2, 0.25) is 5.91 Å². The molecule has 1 spiro atoms. The van der Waals surface area contributed by atoms with E-state index in [1.807, 2.05) is 18.2 Å². The lowest BCUT2D eigenvalue weighted by Crippen LogP contribution is -2.51. The van der Waals surface area contributed by atoms with Crippen molar-refractivity contribution >= 4 is 5.91 Å². The molecule has 3 heterocycles. The van der Waals surface area contributed by atoms with E-state index in [9.17, 15) is 18.0 Å². The maximum absolute atomic E-state index is 12.9. The van der Waals surface area contributed by atoms with Crippen LogP contribution < -0.4 is 0 Å². The van der Waals surface area contributed by atoms with Crippen molar-refractivity contribution in [1.29, 1.82) is 0 Å². The van der Waals surface area contributed by atoms with Crippen LogP contribution in [0.4, 0.5) is 13.2 Å². The highest BCUT2D eigenvalue weighted by Gasteiger charge is 2.41. The van der Waals surface area contributed by atoms with E-state index in [1.54, 1.807) is 4.90 Å². The molecule has 1 atom stereocenters. The molecular weight excluding hydrogens is 447 g/mol. The number of carbonyl (C=O) groups is 1. The lowest BCUT2D eigenvalue weighted by Gasteiger charge is -2.46. The van der Waals surface area contributed by atoms with Crippen LogP contribution in [0.15, 0.2) is 36.4 Å². The molecule has 1 unspecified atom stereocenters. The molecule has 34 heavy (non-hydrogen) atoms. The number of hydrogen-bond acceptors (Lipinski definition) is 4. The molecule has 0 N–H and O–H groups in total. The van der Waals surface area contributed by atoms with Crippen LogP contribution in [-0.4, -0.2) is 52.5 Å². The largest absolute Gasteiger partial charge is 0.435 e. The van der Waals surface area contributed by atoms with E-state index in [-0.39, 0.29) is 18.1 Å². The summed E-state index contributed by atoms with van der Waals surface area (Å²) in [5, 5.41) is 3.57. The SMILES string of the molecule is Cc1cc(C(F)(F)F)nn1CC(=O)N1CCC2(CC1)CC(CCOCc1ccccc1)CCO2. The van der Waals surface area contributed by atoms with Gasteiger partial charge < -0.3 is 14.4 Å². The Morgan fingerprint density at radius 1 is 1.24 bits per heavy atom. The van der Waals surface area contributed by atoms with Crippen molar-refractivity contribution in [3.63, 3.8) is 0 Å². The van der Waals surface area contributed by atoms with Gasteiger partial charge in [-0.3, -0.25) is 9.48 Å². The lowest BCUT2D eigenvalue weighted by atomic mass is 9.78. The molecule has 9 heteroatoms. The zero-order valence-electron chi connectivity index (χ0n) is 19.5. The minimum atomic E-state index is -4.52. The van der Waals surface area contributed by atoms with Gasteiger partial charge in [-0.05, 0) is 56.6 Å². The van der Waals surface area contributed by atoms with Gasteiger partial charge in [-0.1, -0.05) is 30.3 Å². The number of amides is 1. The minimum absolute atomic E-state index is 0.183. The molecule has 1 aromatic carbocycles. The van der Waals surface area contributed by atoms with Gasteiger partial charge in [0.25, 0.3) is 0 Å². The first kappa shape index (κ1) is 24.7. The zero-order valence-corrected chi connectivity index (χ0v) is 19.5. The number of rotatable bonds is 7. The fourth-order valence-electron chi connectivity index (χ4n) is 4.94. The third-order valence-corrected chi connectivity index (χ3v) is 6.96. The number of piperidine rings is 1. The van der Waals surface area contributed by atoms with E-state index < -0.39 is 11.9 Å². The molecule has 0 radical (unpaired) electrons. The summed E-state index contributed by atoms with van der Waals surface area (Å²) < 4.78 is 51.9. The van der Waals surface area contributed by atoms with Gasteiger partial charge in [0.15, 0.2) is 5.69 Å². The van der Waals surface area contributed by atoms with Crippen molar-refractivity contribution in [2.24, 2.45) is 5.92 Å². The first-order valence-electron chi connectivity index (χ1n) is 11.9. The number of alkyl halides is 3. The van der Waals surface area contributed by atoms with E-state index in [0.29, 0.717) is 44.5 Å². The first-order valence-corrected chi connectivity index (χ1v) is 11.9. The molecule has 2 aliphatic heterocycles. The van der Waals surface area contributed by atoms with Gasteiger partial charge in [0.1, 0.15) is 6.54 Å². The average molecular weight is 480 g/mol. The van der Waals surface area contributed by atoms with E-state index in [2.05, 4.69) is 17.2 Å². The number of aryl methyl sites for hydroxylation is 1. The Hall–Kier alpha value is -2.39. The monoisotopic (exact) mass is 479 g/mol. The van der Waals surface area contributed by atoms with Crippen molar-refractivity contribution in [2.45, 2.75) is 64.0 Å². The molecule has 1 amide bonds. The topological polar surface area (TPSA) is 56.6 Å². The Balaban J connectivity index is 1.23. The summed E-state index contributed by atoms with van der Waals surface area (Å²) >= 11 is 0. The Labute approximate surface area is 198 Å². The summed E-state index contributed by atoms with van der Waals surface area (Å²) in [6.07, 6.45) is -0.0765. The first-order chi connectivity index (χ1) is 16.2. The van der Waals surface area contributed by atoms with E-state index in [1.165, 1.54) is 12.5 Å². The Kier molecular flexibility index (Phi) is 7.62. The van der Waals surface area contributed by atoms with Crippen LogP contribution in [0.2, 0.25) is 0 Å². The van der Waals surface area contributed by atoms with Crippen molar-refractivity contribution in [2.75, 3.05) is 26.3 Å². The van der Waals surface area contributed by atoms with Gasteiger partial charge in [-0.25, -0.2) is 0 Å². The van der Waals surface area contributed by atoms with Crippen LogP contribution in [0.1, 0.15) is 49.1 Å². The molecule has 2 aliphatic rings. The van der Waals surface area contributed by atoms with Crippen LogP contribution >= 0.6 is 0 Å². The maximum Gasteiger partial charge on any atom is 0.435 e. The molecule has 6 nitrogen and oxygen atoms in total. The second kappa shape index (κ2) is 10.5. The normalized spacial score (nSPS) is 20.6. The molecule has 4 rings (SSSR count). The fourth-order valence-corrected chi connectivity index (χ4v) is 4.94. The number of ether oxygens (including phenoxy) is 2. The van der Waals surface area contributed by atoms with E-state index in [0.717, 1.165) is 42.9 Å². The lowest BCUT2D eigenvalue weighted by molar-refractivity contribution is -0.149. The predicted molar refractivity (Wildman–Crippen MR) is 120 cm³/mol. The summed E-state index contributed by atoms with van der Waals surface area (Å²) in [7, 11) is 0. The molecule has 2 aromatic rings. The Morgan fingerprint density at radius 2 is 1.97 bits per heavy atom. The van der Waals surface area contributed by atoms with E-state index >= 15 is 0 Å². The van der Waals surface area contributed by atoms with Crippen molar-refractivity contribution in [3.8, 4) is 0 Å². The number of halogens is 3. The second-order valence-corrected chi connectivity index (χ2v) is 9.42. The number of hydrogen-bond donors (Lipinski definition) is 0. The Bertz CT molecular complexity index is 953. The van der Waals surface area contributed by atoms with Crippen LogP contribution in [0.25, 0.3) is 0 Å². The van der Waals surface area contributed by atoms with Crippen LogP contribution in [0, 0.1) is 12.8 Å². The molecule has 2 saturated heterocycles. The van der Waals surface area contributed by atoms with E-state index in [4.69, 9.17) is 9.47 Å². The number of benzene rings is 1. The highest BCUT2D eigenvalue weighted by atomic mass is 19.4. The molecule has 2 fully saturated rings. The molecule has 0 saturated carbocycles. The van der Waals surface area contributed by atoms with Crippen molar-refractivity contribution in [1.82, 2.24) is 14.7 Å². The van der Waals surface area contributed by atoms with Gasteiger partial charge in [0.05, 0.1) is 12.2 Å². The smallest absolute Gasteiger partial charge is 0.377 e. The Morgan fingerprint density at radius 3 is 2.65 bits per heavy atom. The molecule has 0 bridgehead atoms. The fraction of sp³-hybridized carbons (Fsp3) is 0.600. The molecular formula is C25H32F3N3O3. The van der Waals surface area contributed by atoms with Crippen LogP contribution in [-0.2, 0) is 33.6 Å². The highest BCUT2D eigenvalue weighted by Crippen LogP contribution is 2.39. The van der Waals surface area contributed by atoms with Crippen molar-refractivity contribution in [3.05, 3.63) is 53.3 Å². The minimum Gasteiger partial charge on any atom is -0.377 e. The quantitative estimate of drug-likeness (QED) is 0.545. The molecule has 0 aliphatic carbocycles. The van der Waals surface area contributed by atoms with Gasteiger partial charge >= 0.3 is 6.18 Å². The number of carbonyl (C=O) groups excluding carboxylic acids is 1. The third-order valence-electron chi connectivity index (χ3n) is 6.96. The summed E-state index contributed by atoms with van der Waals surface area (Å²) in [4.78, 5) is 14.4. The number of nitrogens with zero attached hydrogens (tertiary/aromatic N) is 3. The number of likely N-dealkylation sites (tertiary alicyclic amines) is 1. The van der Waals surface area contributed by atoms with Crippen LogP contribution in [0.5, 0.6) is 0 Å². The predicted octanol–water partition coefficient (Wildman–Crippen LogP) is 4.61. The maximum atomic E-state index is 12.9. The zero-order chi connectivity index (χ0) is 24.2. The average Bonchev–Trinajstić information content (AvgIpc) is 3.19. The summed E-state index contributed by atoms with van der Waals surface area (Å²) in [5.41, 5.74) is 0.305. The van der Waals surface area contributed by atoms with Crippen LogP contribution in [0.3, 0.4) is 0 Å². The second-order valence-electron chi connectivity index (χ2n) is 9.42. The summed E-state index contributed by atoms with van der Waals surface area (Å²) in [5.74, 6) is 0.315. The summed E-state index contributed by atoms with van der Waals surface area (Å²) in [6.45, 7) is 4.47. The van der Waals surface area contributed by atoms with Gasteiger partial charge in [0, 0.05) is 32.0 Å². The van der Waals surface area contributed by atoms with Crippen molar-refractivity contribution < 1.29 is 27.4 Å². The molecule has 186 valence electrons. The van der Waals surface area contributed by atoms with Gasteiger partial charge in [-0.2, -0.15) is 18.3 Å². The highest BCUT2D eigenvalue weighted by molar-refractivity contribution is 5.76. The molecule has 1 aromatic heterocycles. The standard InChI is InChI=1S/C25H32F3N3O3/c1-19-15-22(25(26,27)28)29-31(19)17-23(32)30-11-9-24(10-12-30)16-20(8-14-34-24)7-13-33-18-21-5-3-2-4-6-21/h2-6,15,20H,7-14,16-18H2,1H3.